The maximum absolute atomic E-state index is 13.6. The Labute approximate surface area is 138 Å². The first kappa shape index (κ1) is 16.3. The molecule has 0 saturated heterocycles. The van der Waals surface area contributed by atoms with Crippen LogP contribution in [-0.2, 0) is 10.0 Å². The average molecular weight is 439 g/mol. The van der Waals surface area contributed by atoms with Gasteiger partial charge in [0.15, 0.2) is 0 Å². The second kappa shape index (κ2) is 6.33. The zero-order valence-electron chi connectivity index (χ0n) is 10.7. The van der Waals surface area contributed by atoms with Gasteiger partial charge in [0.2, 0.25) is 0 Å². The summed E-state index contributed by atoms with van der Waals surface area (Å²) in [5, 5.41) is 0. The van der Waals surface area contributed by atoms with Crippen LogP contribution in [0.5, 0.6) is 5.75 Å². The highest BCUT2D eigenvalue weighted by Crippen LogP contribution is 2.29. The molecule has 1 N–H and O–H groups in total. The van der Waals surface area contributed by atoms with Crippen LogP contribution in [0.3, 0.4) is 0 Å². The third-order valence-corrected chi connectivity index (χ3v) is 5.08. The molecule has 0 fully saturated rings. The van der Waals surface area contributed by atoms with Gasteiger partial charge >= 0.3 is 0 Å². The van der Waals surface area contributed by atoms with Crippen LogP contribution in [-0.4, -0.2) is 15.5 Å². The van der Waals surface area contributed by atoms with E-state index < -0.39 is 15.8 Å². The quantitative estimate of drug-likeness (QED) is 0.779. The third kappa shape index (κ3) is 3.75. The Morgan fingerprint density at radius 1 is 1.14 bits per heavy atom. The largest absolute Gasteiger partial charge is 0.496 e. The Morgan fingerprint density at radius 3 is 2.48 bits per heavy atom. The maximum Gasteiger partial charge on any atom is 0.262 e. The van der Waals surface area contributed by atoms with Crippen molar-refractivity contribution in [1.29, 1.82) is 0 Å². The van der Waals surface area contributed by atoms with Gasteiger partial charge in [-0.05, 0) is 52.3 Å². The summed E-state index contributed by atoms with van der Waals surface area (Å²) in [6.45, 7) is 0. The number of anilines is 1. The van der Waals surface area contributed by atoms with Crippen LogP contribution >= 0.6 is 31.9 Å². The Kier molecular flexibility index (Phi) is 4.90. The minimum Gasteiger partial charge on any atom is -0.496 e. The first-order valence-corrected chi connectivity index (χ1v) is 8.72. The zero-order valence-corrected chi connectivity index (χ0v) is 14.7. The molecule has 0 amide bonds. The molecule has 21 heavy (non-hydrogen) atoms. The number of nitrogens with one attached hydrogen (secondary N) is 1. The Balaban J connectivity index is 2.38. The van der Waals surface area contributed by atoms with Crippen LogP contribution < -0.4 is 9.46 Å². The van der Waals surface area contributed by atoms with E-state index in [0.29, 0.717) is 14.7 Å². The van der Waals surface area contributed by atoms with Gasteiger partial charge in [0.25, 0.3) is 10.0 Å². The van der Waals surface area contributed by atoms with E-state index in [9.17, 15) is 12.8 Å². The number of methoxy groups -OCH3 is 1. The molecule has 0 aliphatic carbocycles. The Bertz CT molecular complexity index is 781. The van der Waals surface area contributed by atoms with Crippen molar-refractivity contribution in [1.82, 2.24) is 0 Å². The zero-order chi connectivity index (χ0) is 15.6. The molecular formula is C13H10Br2FNO3S. The summed E-state index contributed by atoms with van der Waals surface area (Å²) in [5.41, 5.74) is -0.128. The molecular weight excluding hydrogens is 429 g/mol. The molecule has 2 aromatic rings. The van der Waals surface area contributed by atoms with E-state index in [4.69, 9.17) is 4.74 Å². The molecule has 0 unspecified atom stereocenters. The van der Waals surface area contributed by atoms with Crippen LogP contribution in [0, 0.1) is 5.82 Å². The lowest BCUT2D eigenvalue weighted by molar-refractivity contribution is 0.411. The van der Waals surface area contributed by atoms with Crippen LogP contribution in [0.4, 0.5) is 10.1 Å². The lowest BCUT2D eigenvalue weighted by atomic mass is 10.3. The van der Waals surface area contributed by atoms with Crippen molar-refractivity contribution in [2.24, 2.45) is 0 Å². The van der Waals surface area contributed by atoms with Crippen LogP contribution in [0.15, 0.2) is 50.2 Å². The van der Waals surface area contributed by atoms with Crippen molar-refractivity contribution in [3.63, 3.8) is 0 Å². The molecule has 0 saturated carbocycles. The van der Waals surface area contributed by atoms with Crippen LogP contribution in [0.25, 0.3) is 0 Å². The van der Waals surface area contributed by atoms with Crippen molar-refractivity contribution in [3.8, 4) is 5.75 Å². The molecule has 0 aliphatic heterocycles. The molecule has 4 nitrogen and oxygen atoms in total. The SMILES string of the molecule is COc1ccc(S(=O)(=O)Nc2cc(Br)ccc2F)cc1Br. The van der Waals surface area contributed by atoms with Crippen molar-refractivity contribution in [2.75, 3.05) is 11.8 Å². The van der Waals surface area contributed by atoms with Crippen molar-refractivity contribution in [2.45, 2.75) is 4.90 Å². The summed E-state index contributed by atoms with van der Waals surface area (Å²) in [5.74, 6) is -0.156. The van der Waals surface area contributed by atoms with Gasteiger partial charge in [-0.15, -0.1) is 0 Å². The molecule has 0 heterocycles. The monoisotopic (exact) mass is 437 g/mol. The van der Waals surface area contributed by atoms with Crippen molar-refractivity contribution >= 4 is 47.6 Å². The molecule has 0 spiro atoms. The lowest BCUT2D eigenvalue weighted by Crippen LogP contribution is -2.14. The molecule has 8 heteroatoms. The van der Waals surface area contributed by atoms with Gasteiger partial charge in [0, 0.05) is 4.47 Å². The summed E-state index contributed by atoms with van der Waals surface area (Å²) in [4.78, 5) is -0.00505. The molecule has 0 bridgehead atoms. The van der Waals surface area contributed by atoms with Gasteiger partial charge in [0.05, 0.1) is 22.2 Å². The van der Waals surface area contributed by atoms with Gasteiger partial charge in [-0.3, -0.25) is 4.72 Å². The van der Waals surface area contributed by atoms with E-state index in [1.807, 2.05) is 0 Å². The first-order valence-electron chi connectivity index (χ1n) is 5.65. The number of sulfonamides is 1. The summed E-state index contributed by atoms with van der Waals surface area (Å²) >= 11 is 6.38. The topological polar surface area (TPSA) is 55.4 Å². The second-order valence-electron chi connectivity index (χ2n) is 4.03. The fourth-order valence-electron chi connectivity index (χ4n) is 1.59. The highest BCUT2D eigenvalue weighted by molar-refractivity contribution is 9.10. The van der Waals surface area contributed by atoms with Gasteiger partial charge in [-0.1, -0.05) is 15.9 Å². The summed E-state index contributed by atoms with van der Waals surface area (Å²) in [6, 6.07) is 8.28. The third-order valence-electron chi connectivity index (χ3n) is 2.61. The van der Waals surface area contributed by atoms with E-state index in [1.54, 1.807) is 0 Å². The Hall–Kier alpha value is -1.12. The standard InChI is InChI=1S/C13H10Br2FNO3S/c1-20-13-5-3-9(7-10(13)15)21(18,19)17-12-6-8(14)2-4-11(12)16/h2-7,17H,1H3. The van der Waals surface area contributed by atoms with E-state index >= 15 is 0 Å². The number of rotatable bonds is 4. The van der Waals surface area contributed by atoms with Crippen LogP contribution in [0.1, 0.15) is 0 Å². The minimum absolute atomic E-state index is 0.00505. The average Bonchev–Trinajstić information content (AvgIpc) is 2.42. The van der Waals surface area contributed by atoms with E-state index in [1.165, 1.54) is 43.5 Å². The number of ether oxygens (including phenoxy) is 1. The van der Waals surface area contributed by atoms with Gasteiger partial charge in [0.1, 0.15) is 11.6 Å². The maximum atomic E-state index is 13.6. The van der Waals surface area contributed by atoms with E-state index in [2.05, 4.69) is 36.6 Å². The molecule has 0 atom stereocenters. The van der Waals surface area contributed by atoms with Crippen molar-refractivity contribution < 1.29 is 17.5 Å². The fraction of sp³-hybridized carbons (Fsp3) is 0.0769. The van der Waals surface area contributed by atoms with Gasteiger partial charge in [-0.2, -0.15) is 0 Å². The van der Waals surface area contributed by atoms with E-state index in [0.717, 1.165) is 0 Å². The predicted octanol–water partition coefficient (Wildman–Crippen LogP) is 4.16. The summed E-state index contributed by atoms with van der Waals surface area (Å²) < 4.78 is 46.5. The molecule has 0 aliphatic rings. The molecule has 0 aromatic heterocycles. The highest BCUT2D eigenvalue weighted by atomic mass is 79.9. The normalized spacial score (nSPS) is 11.2. The predicted molar refractivity (Wildman–Crippen MR) is 85.6 cm³/mol. The fourth-order valence-corrected chi connectivity index (χ4v) is 3.73. The molecule has 0 radical (unpaired) electrons. The van der Waals surface area contributed by atoms with Gasteiger partial charge < -0.3 is 4.74 Å². The number of hydrogen-bond donors (Lipinski definition) is 1. The lowest BCUT2D eigenvalue weighted by Gasteiger charge is -2.11. The Morgan fingerprint density at radius 2 is 1.86 bits per heavy atom. The van der Waals surface area contributed by atoms with Crippen LogP contribution in [0.2, 0.25) is 0 Å². The summed E-state index contributed by atoms with van der Waals surface area (Å²) in [7, 11) is -2.42. The summed E-state index contributed by atoms with van der Waals surface area (Å²) in [6.07, 6.45) is 0. The molecule has 2 rings (SSSR count). The van der Waals surface area contributed by atoms with E-state index in [-0.39, 0.29) is 10.6 Å². The number of hydrogen-bond acceptors (Lipinski definition) is 3. The molecule has 112 valence electrons. The van der Waals surface area contributed by atoms with Crippen molar-refractivity contribution in [3.05, 3.63) is 51.2 Å². The minimum atomic E-state index is -3.90. The highest BCUT2D eigenvalue weighted by Gasteiger charge is 2.18. The number of halogens is 3. The number of benzene rings is 2. The molecule has 2 aromatic carbocycles. The first-order chi connectivity index (χ1) is 9.83. The smallest absolute Gasteiger partial charge is 0.262 e. The van der Waals surface area contributed by atoms with Gasteiger partial charge in [-0.25, -0.2) is 12.8 Å². The second-order valence-corrected chi connectivity index (χ2v) is 7.48.